The SMILES string of the molecule is Oc1ccc(-c2nn(-c3cccc(Cl)c3)c(-c3ccc(O)cc3)c2Cc2ccccc2)cc1. The molecule has 1 aromatic heterocycles. The molecule has 4 nitrogen and oxygen atoms in total. The Bertz CT molecular complexity index is 1390. The van der Waals surface area contributed by atoms with Crippen LogP contribution in [0.3, 0.4) is 0 Å². The second-order valence-corrected chi connectivity index (χ2v) is 8.26. The Morgan fingerprint density at radius 2 is 1.33 bits per heavy atom. The Balaban J connectivity index is 1.80. The summed E-state index contributed by atoms with van der Waals surface area (Å²) in [5, 5.41) is 25.3. The van der Waals surface area contributed by atoms with Crippen molar-refractivity contribution in [1.29, 1.82) is 0 Å². The van der Waals surface area contributed by atoms with Crippen LogP contribution in [-0.2, 0) is 6.42 Å². The van der Waals surface area contributed by atoms with Gasteiger partial charge in [0.05, 0.1) is 17.1 Å². The van der Waals surface area contributed by atoms with Crippen LogP contribution in [0.4, 0.5) is 0 Å². The number of rotatable bonds is 5. The number of aromatic hydroxyl groups is 2. The van der Waals surface area contributed by atoms with Crippen LogP contribution in [0.1, 0.15) is 11.1 Å². The molecule has 0 unspecified atom stereocenters. The fourth-order valence-corrected chi connectivity index (χ4v) is 4.16. The van der Waals surface area contributed by atoms with E-state index in [4.69, 9.17) is 16.7 Å². The molecular weight excluding hydrogens is 432 g/mol. The number of phenols is 2. The first-order valence-corrected chi connectivity index (χ1v) is 11.0. The first-order valence-electron chi connectivity index (χ1n) is 10.6. The predicted molar refractivity (Wildman–Crippen MR) is 132 cm³/mol. The summed E-state index contributed by atoms with van der Waals surface area (Å²) in [6, 6.07) is 32.0. The molecule has 162 valence electrons. The number of hydrogen-bond donors (Lipinski definition) is 2. The molecule has 33 heavy (non-hydrogen) atoms. The first-order chi connectivity index (χ1) is 16.1. The van der Waals surface area contributed by atoms with E-state index in [0.717, 1.165) is 39.3 Å². The molecule has 0 bridgehead atoms. The second-order valence-electron chi connectivity index (χ2n) is 7.82. The summed E-state index contributed by atoms with van der Waals surface area (Å²) in [5.74, 6) is 0.410. The van der Waals surface area contributed by atoms with Crippen LogP contribution in [0.5, 0.6) is 11.5 Å². The van der Waals surface area contributed by atoms with Gasteiger partial charge in [-0.05, 0) is 72.3 Å². The van der Waals surface area contributed by atoms with Crippen molar-refractivity contribution < 1.29 is 10.2 Å². The Morgan fingerprint density at radius 3 is 1.97 bits per heavy atom. The van der Waals surface area contributed by atoms with E-state index in [9.17, 15) is 10.2 Å². The number of halogens is 1. The molecule has 2 N–H and O–H groups in total. The third-order valence-electron chi connectivity index (χ3n) is 5.54. The zero-order valence-corrected chi connectivity index (χ0v) is 18.4. The van der Waals surface area contributed by atoms with Crippen molar-refractivity contribution in [2.45, 2.75) is 6.42 Å². The third-order valence-corrected chi connectivity index (χ3v) is 5.78. The Hall–Kier alpha value is -4.02. The highest BCUT2D eigenvalue weighted by atomic mass is 35.5. The van der Waals surface area contributed by atoms with Crippen LogP contribution in [-0.4, -0.2) is 20.0 Å². The summed E-state index contributed by atoms with van der Waals surface area (Å²) in [5.41, 5.74) is 6.60. The minimum atomic E-state index is 0.205. The minimum absolute atomic E-state index is 0.205. The zero-order valence-electron chi connectivity index (χ0n) is 17.7. The Morgan fingerprint density at radius 1 is 0.697 bits per heavy atom. The van der Waals surface area contributed by atoms with Crippen LogP contribution in [0.15, 0.2) is 103 Å². The van der Waals surface area contributed by atoms with Gasteiger partial charge in [-0.25, -0.2) is 4.68 Å². The van der Waals surface area contributed by atoms with Gasteiger partial charge in [0.15, 0.2) is 0 Å². The first kappa shape index (κ1) is 20.9. The predicted octanol–water partition coefficient (Wildman–Crippen LogP) is 6.86. The molecule has 0 saturated heterocycles. The van der Waals surface area contributed by atoms with Gasteiger partial charge in [-0.1, -0.05) is 48.0 Å². The highest BCUT2D eigenvalue weighted by Crippen LogP contribution is 2.37. The van der Waals surface area contributed by atoms with Crippen LogP contribution in [0.2, 0.25) is 5.02 Å². The largest absolute Gasteiger partial charge is 0.508 e. The molecule has 5 aromatic rings. The van der Waals surface area contributed by atoms with Gasteiger partial charge in [0, 0.05) is 28.1 Å². The molecule has 4 aromatic carbocycles. The monoisotopic (exact) mass is 452 g/mol. The van der Waals surface area contributed by atoms with E-state index >= 15 is 0 Å². The second kappa shape index (κ2) is 8.85. The van der Waals surface area contributed by atoms with Crippen molar-refractivity contribution in [3.63, 3.8) is 0 Å². The van der Waals surface area contributed by atoms with Crippen LogP contribution >= 0.6 is 11.6 Å². The molecule has 0 amide bonds. The summed E-state index contributed by atoms with van der Waals surface area (Å²) in [4.78, 5) is 0. The topological polar surface area (TPSA) is 58.3 Å². The quantitative estimate of drug-likeness (QED) is 0.306. The van der Waals surface area contributed by atoms with Gasteiger partial charge in [0.1, 0.15) is 11.5 Å². The Labute approximate surface area is 197 Å². The molecule has 0 aliphatic heterocycles. The van der Waals surface area contributed by atoms with E-state index in [1.54, 1.807) is 24.3 Å². The number of benzene rings is 4. The van der Waals surface area contributed by atoms with Gasteiger partial charge in [0.2, 0.25) is 0 Å². The Kier molecular flexibility index (Phi) is 5.59. The molecule has 0 aliphatic rings. The van der Waals surface area contributed by atoms with Gasteiger partial charge in [-0.15, -0.1) is 0 Å². The smallest absolute Gasteiger partial charge is 0.115 e. The molecule has 0 saturated carbocycles. The summed E-state index contributed by atoms with van der Waals surface area (Å²) in [6.45, 7) is 0. The summed E-state index contributed by atoms with van der Waals surface area (Å²) in [7, 11) is 0. The molecular formula is C28H21ClN2O2. The standard InChI is InChI=1S/C28H21ClN2O2/c29-22-7-4-8-23(18-22)31-28(21-11-15-25(33)16-12-21)26(17-19-5-2-1-3-6-19)27(30-31)20-9-13-24(32)14-10-20/h1-16,18,32-33H,17H2. The lowest BCUT2D eigenvalue weighted by atomic mass is 9.96. The number of hydrogen-bond acceptors (Lipinski definition) is 3. The maximum atomic E-state index is 9.88. The third kappa shape index (κ3) is 4.34. The number of nitrogens with zero attached hydrogens (tertiary/aromatic N) is 2. The van der Waals surface area contributed by atoms with Crippen LogP contribution in [0, 0.1) is 0 Å². The summed E-state index contributed by atoms with van der Waals surface area (Å²) in [6.07, 6.45) is 0.661. The van der Waals surface area contributed by atoms with Gasteiger partial charge < -0.3 is 10.2 Å². The van der Waals surface area contributed by atoms with Crippen LogP contribution < -0.4 is 0 Å². The fourth-order valence-electron chi connectivity index (χ4n) is 3.98. The van der Waals surface area contributed by atoms with E-state index in [0.29, 0.717) is 11.4 Å². The molecule has 0 spiro atoms. The maximum Gasteiger partial charge on any atom is 0.115 e. The van der Waals surface area contributed by atoms with Crippen molar-refractivity contribution >= 4 is 11.6 Å². The van der Waals surface area contributed by atoms with Crippen molar-refractivity contribution in [2.24, 2.45) is 0 Å². The number of aromatic nitrogens is 2. The van der Waals surface area contributed by atoms with Crippen molar-refractivity contribution in [3.05, 3.63) is 119 Å². The summed E-state index contributed by atoms with van der Waals surface area (Å²) < 4.78 is 1.90. The minimum Gasteiger partial charge on any atom is -0.508 e. The number of phenolic OH excluding ortho intramolecular Hbond substituents is 2. The molecule has 5 heteroatoms. The highest BCUT2D eigenvalue weighted by molar-refractivity contribution is 6.30. The van der Waals surface area contributed by atoms with E-state index in [-0.39, 0.29) is 11.5 Å². The molecule has 0 atom stereocenters. The van der Waals surface area contributed by atoms with Crippen molar-refractivity contribution in [3.8, 4) is 39.7 Å². The molecule has 0 fully saturated rings. The van der Waals surface area contributed by atoms with E-state index < -0.39 is 0 Å². The van der Waals surface area contributed by atoms with Crippen LogP contribution in [0.25, 0.3) is 28.2 Å². The van der Waals surface area contributed by atoms with E-state index in [1.807, 2.05) is 71.4 Å². The fraction of sp³-hybridized carbons (Fsp3) is 0.0357. The molecule has 0 radical (unpaired) electrons. The normalized spacial score (nSPS) is 10.9. The van der Waals surface area contributed by atoms with Gasteiger partial charge in [-0.3, -0.25) is 0 Å². The van der Waals surface area contributed by atoms with Gasteiger partial charge in [-0.2, -0.15) is 5.10 Å². The lowest BCUT2D eigenvalue weighted by molar-refractivity contribution is 0.475. The van der Waals surface area contributed by atoms with E-state index in [1.165, 1.54) is 0 Å². The lowest BCUT2D eigenvalue weighted by Crippen LogP contribution is -2.00. The van der Waals surface area contributed by atoms with E-state index in [2.05, 4.69) is 12.1 Å². The lowest BCUT2D eigenvalue weighted by Gasteiger charge is -2.11. The highest BCUT2D eigenvalue weighted by Gasteiger charge is 2.22. The molecule has 5 rings (SSSR count). The van der Waals surface area contributed by atoms with Gasteiger partial charge >= 0.3 is 0 Å². The maximum absolute atomic E-state index is 9.88. The van der Waals surface area contributed by atoms with Gasteiger partial charge in [0.25, 0.3) is 0 Å². The average Bonchev–Trinajstić information content (AvgIpc) is 3.20. The van der Waals surface area contributed by atoms with Crippen molar-refractivity contribution in [2.75, 3.05) is 0 Å². The summed E-state index contributed by atoms with van der Waals surface area (Å²) >= 11 is 6.32. The molecule has 0 aliphatic carbocycles. The average molecular weight is 453 g/mol. The zero-order chi connectivity index (χ0) is 22.8. The molecule has 1 heterocycles. The van der Waals surface area contributed by atoms with Crippen molar-refractivity contribution in [1.82, 2.24) is 9.78 Å².